The Hall–Kier alpha value is -1.46. The van der Waals surface area contributed by atoms with Gasteiger partial charge in [-0.2, -0.15) is 0 Å². The van der Waals surface area contributed by atoms with Crippen LogP contribution in [0.2, 0.25) is 5.02 Å². The van der Waals surface area contributed by atoms with E-state index in [1.165, 1.54) is 6.20 Å². The number of hydrogen-bond acceptors (Lipinski definition) is 7. The lowest BCUT2D eigenvalue weighted by molar-refractivity contribution is 0.570. The number of halogens is 2. The normalized spacial score (nSPS) is 11.5. The molecule has 0 spiro atoms. The zero-order valence-corrected chi connectivity index (χ0v) is 16.4. The van der Waals surface area contributed by atoms with Crippen molar-refractivity contribution in [3.05, 3.63) is 34.5 Å². The molecular weight excluding hydrogens is 401 g/mol. The molecule has 0 saturated heterocycles. The highest BCUT2D eigenvalue weighted by molar-refractivity contribution is 7.93. The Morgan fingerprint density at radius 1 is 1.23 bits per heavy atom. The summed E-state index contributed by atoms with van der Waals surface area (Å²) in [7, 11) is -4.10. The van der Waals surface area contributed by atoms with Gasteiger partial charge in [-0.3, -0.25) is 4.72 Å². The molecule has 0 bridgehead atoms. The van der Waals surface area contributed by atoms with Gasteiger partial charge in [0.05, 0.1) is 10.7 Å². The van der Waals surface area contributed by atoms with E-state index in [0.717, 1.165) is 49.4 Å². The molecule has 2 aromatic rings. The Morgan fingerprint density at radius 3 is 2.69 bits per heavy atom. The maximum Gasteiger partial charge on any atom is 0.266 e. The van der Waals surface area contributed by atoms with Crippen LogP contribution in [-0.2, 0) is 10.0 Å². The number of nitrogens with zero attached hydrogens (tertiary/aromatic N) is 1. The molecule has 5 N–H and O–H groups in total. The van der Waals surface area contributed by atoms with E-state index in [4.69, 9.17) is 17.3 Å². The zero-order valence-electron chi connectivity index (χ0n) is 14.0. The fourth-order valence-electron chi connectivity index (χ4n) is 2.14. The molecule has 26 heavy (non-hydrogen) atoms. The number of thiazole rings is 1. The molecule has 0 aliphatic heterocycles. The number of nitrogens with two attached hydrogens (primary N) is 1. The maximum absolute atomic E-state index is 14.3. The molecule has 0 fully saturated rings. The fourth-order valence-corrected chi connectivity index (χ4v) is 4.31. The average Bonchev–Trinajstić information content (AvgIpc) is 3.08. The van der Waals surface area contributed by atoms with E-state index in [1.54, 1.807) is 5.38 Å². The molecule has 144 valence electrons. The lowest BCUT2D eigenvalue weighted by Gasteiger charge is -2.12. The predicted octanol–water partition coefficient (Wildman–Crippen LogP) is 2.48. The van der Waals surface area contributed by atoms with Gasteiger partial charge >= 0.3 is 0 Å². The monoisotopic (exact) mass is 421 g/mol. The third kappa shape index (κ3) is 6.06. The van der Waals surface area contributed by atoms with Crippen LogP contribution in [0.3, 0.4) is 0 Å². The molecule has 0 amide bonds. The van der Waals surface area contributed by atoms with Gasteiger partial charge in [0, 0.05) is 31.2 Å². The highest BCUT2D eigenvalue weighted by Crippen LogP contribution is 2.29. The van der Waals surface area contributed by atoms with Crippen LogP contribution in [-0.4, -0.2) is 39.6 Å². The lowest BCUT2D eigenvalue weighted by atomic mass is 10.2. The van der Waals surface area contributed by atoms with Gasteiger partial charge in [0.25, 0.3) is 10.0 Å². The van der Waals surface area contributed by atoms with Crippen LogP contribution in [0.15, 0.2) is 28.6 Å². The predicted molar refractivity (Wildman–Crippen MR) is 104 cm³/mol. The first-order valence-corrected chi connectivity index (χ1v) is 10.7. The third-order valence-electron chi connectivity index (χ3n) is 3.38. The molecule has 0 saturated carbocycles. The Kier molecular flexibility index (Phi) is 8.04. The molecule has 0 atom stereocenters. The molecule has 0 aliphatic carbocycles. The van der Waals surface area contributed by atoms with E-state index in [0.29, 0.717) is 18.8 Å². The van der Waals surface area contributed by atoms with Crippen molar-refractivity contribution in [2.75, 3.05) is 36.2 Å². The molecule has 1 heterocycles. The van der Waals surface area contributed by atoms with Crippen molar-refractivity contribution in [2.45, 2.75) is 17.7 Å². The molecular formula is C15H21ClFN5O2S2. The van der Waals surface area contributed by atoms with Gasteiger partial charge in [-0.25, -0.2) is 17.8 Å². The van der Waals surface area contributed by atoms with Gasteiger partial charge in [-0.1, -0.05) is 11.6 Å². The molecule has 0 radical (unpaired) electrons. The van der Waals surface area contributed by atoms with Gasteiger partial charge in [0.1, 0.15) is 10.7 Å². The number of anilines is 2. The summed E-state index contributed by atoms with van der Waals surface area (Å²) in [6, 6.07) is 2.18. The number of benzene rings is 1. The first kappa shape index (κ1) is 20.8. The summed E-state index contributed by atoms with van der Waals surface area (Å²) in [4.78, 5) is 3.30. The Labute approximate surface area is 161 Å². The van der Waals surface area contributed by atoms with Crippen LogP contribution in [0.4, 0.5) is 15.2 Å². The summed E-state index contributed by atoms with van der Waals surface area (Å²) in [5, 5.41) is 8.10. The zero-order chi connectivity index (χ0) is 19.0. The second-order valence-corrected chi connectivity index (χ2v) is 8.33. The minimum atomic E-state index is -4.10. The summed E-state index contributed by atoms with van der Waals surface area (Å²) in [6.07, 6.45) is 3.23. The van der Waals surface area contributed by atoms with Crippen LogP contribution in [0.5, 0.6) is 0 Å². The number of nitrogens with one attached hydrogen (secondary N) is 3. The molecule has 11 heteroatoms. The number of sulfonamides is 1. The smallest absolute Gasteiger partial charge is 0.266 e. The standard InChI is InChI=1S/C15H21ClFN5O2S2/c16-11-9-14(26(23,24)22-15-21-7-8-25-15)12(17)10-13(11)20-5-2-1-4-19-6-3-18/h7-10,19-20H,1-6,18H2,(H,21,22). The number of unbranched alkanes of at least 4 members (excludes halogenated alkanes) is 1. The number of rotatable bonds is 11. The van der Waals surface area contributed by atoms with Crippen LogP contribution < -0.4 is 21.1 Å². The molecule has 0 aliphatic rings. The average molecular weight is 422 g/mol. The lowest BCUT2D eigenvalue weighted by Crippen LogP contribution is -2.23. The Morgan fingerprint density at radius 2 is 2.00 bits per heavy atom. The van der Waals surface area contributed by atoms with Crippen molar-refractivity contribution in [2.24, 2.45) is 5.73 Å². The van der Waals surface area contributed by atoms with E-state index in [1.807, 2.05) is 0 Å². The SMILES string of the molecule is NCCNCCCCNc1cc(F)c(S(=O)(=O)Nc2nccs2)cc1Cl. The maximum atomic E-state index is 14.3. The highest BCUT2D eigenvalue weighted by atomic mass is 35.5. The topological polar surface area (TPSA) is 109 Å². The second kappa shape index (κ2) is 10.0. The Bertz CT molecular complexity index is 803. The summed E-state index contributed by atoms with van der Waals surface area (Å²) in [6.45, 7) is 2.81. The minimum Gasteiger partial charge on any atom is -0.384 e. The summed E-state index contributed by atoms with van der Waals surface area (Å²) >= 11 is 7.21. The van der Waals surface area contributed by atoms with Crippen molar-refractivity contribution in [1.82, 2.24) is 10.3 Å². The second-order valence-electron chi connectivity index (χ2n) is 5.38. The van der Waals surface area contributed by atoms with E-state index in [2.05, 4.69) is 20.3 Å². The van der Waals surface area contributed by atoms with Crippen molar-refractivity contribution in [3.63, 3.8) is 0 Å². The summed E-state index contributed by atoms with van der Waals surface area (Å²) in [5.74, 6) is -0.884. The number of aromatic nitrogens is 1. The highest BCUT2D eigenvalue weighted by Gasteiger charge is 2.22. The third-order valence-corrected chi connectivity index (χ3v) is 5.87. The molecule has 1 aromatic heterocycles. The fraction of sp³-hybridized carbons (Fsp3) is 0.400. The van der Waals surface area contributed by atoms with Crippen molar-refractivity contribution in [1.29, 1.82) is 0 Å². The molecule has 1 aromatic carbocycles. The van der Waals surface area contributed by atoms with Gasteiger partial charge in [-0.05, 0) is 31.5 Å². The van der Waals surface area contributed by atoms with Gasteiger partial charge in [-0.15, -0.1) is 11.3 Å². The first-order chi connectivity index (χ1) is 12.4. The van der Waals surface area contributed by atoms with Gasteiger partial charge in [0.15, 0.2) is 5.13 Å². The van der Waals surface area contributed by atoms with Crippen molar-refractivity contribution >= 4 is 43.8 Å². The van der Waals surface area contributed by atoms with E-state index < -0.39 is 20.7 Å². The Balaban J connectivity index is 1.97. The van der Waals surface area contributed by atoms with Crippen molar-refractivity contribution < 1.29 is 12.8 Å². The van der Waals surface area contributed by atoms with Crippen LogP contribution in [0.25, 0.3) is 0 Å². The van der Waals surface area contributed by atoms with E-state index in [9.17, 15) is 12.8 Å². The minimum absolute atomic E-state index is 0.132. The number of hydrogen-bond donors (Lipinski definition) is 4. The van der Waals surface area contributed by atoms with E-state index in [-0.39, 0.29) is 10.2 Å². The summed E-state index contributed by atoms with van der Waals surface area (Å²) in [5.41, 5.74) is 5.74. The van der Waals surface area contributed by atoms with Crippen LogP contribution in [0, 0.1) is 5.82 Å². The molecule has 2 rings (SSSR count). The largest absolute Gasteiger partial charge is 0.384 e. The molecule has 7 nitrogen and oxygen atoms in total. The van der Waals surface area contributed by atoms with Crippen molar-refractivity contribution in [3.8, 4) is 0 Å². The van der Waals surface area contributed by atoms with Crippen LogP contribution in [0.1, 0.15) is 12.8 Å². The first-order valence-electron chi connectivity index (χ1n) is 8.00. The van der Waals surface area contributed by atoms with Gasteiger partial charge < -0.3 is 16.4 Å². The molecule has 0 unspecified atom stereocenters. The quantitative estimate of drug-likeness (QED) is 0.415. The summed E-state index contributed by atoms with van der Waals surface area (Å²) < 4.78 is 41.1. The van der Waals surface area contributed by atoms with Gasteiger partial charge in [0.2, 0.25) is 0 Å². The van der Waals surface area contributed by atoms with Crippen LogP contribution >= 0.6 is 22.9 Å². The van der Waals surface area contributed by atoms with E-state index >= 15 is 0 Å².